The number of aliphatic carboxylic acids is 1. The lowest BCUT2D eigenvalue weighted by Crippen LogP contribution is -2.45. The molecule has 2 atom stereocenters. The molecular weight excluding hydrogens is 358 g/mol. The van der Waals surface area contributed by atoms with Gasteiger partial charge in [0.2, 0.25) is 0 Å². The number of nitrogens with zero attached hydrogens (tertiary/aromatic N) is 3. The van der Waals surface area contributed by atoms with Gasteiger partial charge >= 0.3 is 12.0 Å². The third kappa shape index (κ3) is 2.99. The average Bonchev–Trinajstić information content (AvgIpc) is 2.89. The van der Waals surface area contributed by atoms with Gasteiger partial charge in [0.1, 0.15) is 11.6 Å². The Bertz CT molecular complexity index is 965. The van der Waals surface area contributed by atoms with Crippen molar-refractivity contribution in [2.45, 2.75) is 32.0 Å². The van der Waals surface area contributed by atoms with Gasteiger partial charge in [-0.3, -0.25) is 4.79 Å². The summed E-state index contributed by atoms with van der Waals surface area (Å²) >= 11 is 0. The standard InChI is InChI=1S/C21H19N3O4/c1-14(18(25)26)24-19(27)21(2,17-10-8-15(12-22)9-11-17)23(20(24)28)13-16-6-4-3-5-7-16/h3-11,14H,13H2,1-2H3,(H,25,26). The molecule has 0 radical (unpaired) electrons. The smallest absolute Gasteiger partial charge is 0.329 e. The van der Waals surface area contributed by atoms with Crippen molar-refractivity contribution < 1.29 is 19.5 Å². The molecule has 1 saturated heterocycles. The maximum absolute atomic E-state index is 13.3. The minimum atomic E-state index is -1.38. The predicted molar refractivity (Wildman–Crippen MR) is 99.8 cm³/mol. The van der Waals surface area contributed by atoms with Crippen LogP contribution in [0.5, 0.6) is 0 Å². The molecule has 142 valence electrons. The van der Waals surface area contributed by atoms with Gasteiger partial charge in [0.25, 0.3) is 5.91 Å². The summed E-state index contributed by atoms with van der Waals surface area (Å²) < 4.78 is 0. The van der Waals surface area contributed by atoms with Crippen molar-refractivity contribution in [3.8, 4) is 6.07 Å². The van der Waals surface area contributed by atoms with E-state index in [1.807, 2.05) is 36.4 Å². The second-order valence-electron chi connectivity index (χ2n) is 6.81. The van der Waals surface area contributed by atoms with Crippen LogP contribution in [0, 0.1) is 11.3 Å². The summed E-state index contributed by atoms with van der Waals surface area (Å²) in [5, 5.41) is 18.4. The lowest BCUT2D eigenvalue weighted by atomic mass is 9.89. The number of carboxylic acids is 1. The fourth-order valence-electron chi connectivity index (χ4n) is 3.35. The fourth-order valence-corrected chi connectivity index (χ4v) is 3.35. The number of carbonyl (C=O) groups is 3. The number of urea groups is 1. The molecule has 2 unspecified atom stereocenters. The van der Waals surface area contributed by atoms with Gasteiger partial charge in [-0.1, -0.05) is 42.5 Å². The molecule has 2 aromatic rings. The highest BCUT2D eigenvalue weighted by Gasteiger charge is 2.57. The number of carbonyl (C=O) groups excluding carboxylic acids is 2. The van der Waals surface area contributed by atoms with Gasteiger partial charge < -0.3 is 10.0 Å². The molecule has 0 aromatic heterocycles. The van der Waals surface area contributed by atoms with Crippen LogP contribution in [0.2, 0.25) is 0 Å². The highest BCUT2D eigenvalue weighted by atomic mass is 16.4. The van der Waals surface area contributed by atoms with Crippen LogP contribution >= 0.6 is 0 Å². The largest absolute Gasteiger partial charge is 0.480 e. The number of rotatable bonds is 5. The van der Waals surface area contributed by atoms with Crippen molar-refractivity contribution in [1.29, 1.82) is 5.26 Å². The molecule has 7 nitrogen and oxygen atoms in total. The van der Waals surface area contributed by atoms with Crippen LogP contribution in [-0.4, -0.2) is 38.9 Å². The molecule has 0 spiro atoms. The number of hydrogen-bond donors (Lipinski definition) is 1. The number of nitriles is 1. The van der Waals surface area contributed by atoms with Crippen LogP contribution in [-0.2, 0) is 21.7 Å². The number of imide groups is 1. The van der Waals surface area contributed by atoms with E-state index in [0.29, 0.717) is 11.1 Å². The molecule has 1 aliphatic heterocycles. The van der Waals surface area contributed by atoms with E-state index < -0.39 is 29.5 Å². The number of benzene rings is 2. The molecule has 1 N–H and O–H groups in total. The Balaban J connectivity index is 2.11. The third-order valence-corrected chi connectivity index (χ3v) is 5.12. The average molecular weight is 377 g/mol. The summed E-state index contributed by atoms with van der Waals surface area (Å²) in [4.78, 5) is 40.0. The quantitative estimate of drug-likeness (QED) is 0.807. The Morgan fingerprint density at radius 3 is 2.29 bits per heavy atom. The van der Waals surface area contributed by atoms with Crippen LogP contribution in [0.15, 0.2) is 54.6 Å². The number of hydrogen-bond acceptors (Lipinski definition) is 4. The molecule has 3 rings (SSSR count). The van der Waals surface area contributed by atoms with E-state index in [0.717, 1.165) is 10.5 Å². The zero-order valence-electron chi connectivity index (χ0n) is 15.5. The SMILES string of the molecule is CC(C(=O)O)N1C(=O)N(Cc2ccccc2)C(C)(c2ccc(C#N)cc2)C1=O. The van der Waals surface area contributed by atoms with Gasteiger partial charge in [0.15, 0.2) is 0 Å². The molecule has 0 bridgehead atoms. The minimum Gasteiger partial charge on any atom is -0.480 e. The molecule has 3 amide bonds. The maximum Gasteiger partial charge on any atom is 0.329 e. The molecule has 1 fully saturated rings. The van der Waals surface area contributed by atoms with Gasteiger partial charge in [-0.25, -0.2) is 14.5 Å². The van der Waals surface area contributed by atoms with Gasteiger partial charge in [-0.05, 0) is 37.1 Å². The third-order valence-electron chi connectivity index (χ3n) is 5.12. The van der Waals surface area contributed by atoms with Gasteiger partial charge in [0.05, 0.1) is 11.6 Å². The van der Waals surface area contributed by atoms with Gasteiger partial charge in [-0.2, -0.15) is 5.26 Å². The summed E-state index contributed by atoms with van der Waals surface area (Å²) in [7, 11) is 0. The van der Waals surface area contributed by atoms with Crippen molar-refractivity contribution in [3.63, 3.8) is 0 Å². The van der Waals surface area contributed by atoms with E-state index in [2.05, 4.69) is 0 Å². The lowest BCUT2D eigenvalue weighted by molar-refractivity contribution is -0.147. The van der Waals surface area contributed by atoms with Gasteiger partial charge in [-0.15, -0.1) is 0 Å². The highest BCUT2D eigenvalue weighted by molar-refractivity contribution is 6.09. The van der Waals surface area contributed by atoms with Crippen molar-refractivity contribution >= 4 is 17.9 Å². The van der Waals surface area contributed by atoms with Gasteiger partial charge in [0, 0.05) is 6.54 Å². The monoisotopic (exact) mass is 377 g/mol. The second kappa shape index (κ2) is 7.16. The van der Waals surface area contributed by atoms with Crippen molar-refractivity contribution in [2.24, 2.45) is 0 Å². The summed E-state index contributed by atoms with van der Waals surface area (Å²) in [6.45, 7) is 3.06. The normalized spacial score (nSPS) is 20.2. The van der Waals surface area contributed by atoms with Crippen LogP contribution in [0.3, 0.4) is 0 Å². The predicted octanol–water partition coefficient (Wildman–Crippen LogP) is 2.71. The highest BCUT2D eigenvalue weighted by Crippen LogP contribution is 2.39. The molecule has 28 heavy (non-hydrogen) atoms. The summed E-state index contributed by atoms with van der Waals surface area (Å²) in [6.07, 6.45) is 0. The zero-order valence-corrected chi connectivity index (χ0v) is 15.5. The Labute approximate surface area is 162 Å². The van der Waals surface area contributed by atoms with E-state index >= 15 is 0 Å². The van der Waals surface area contributed by atoms with E-state index in [4.69, 9.17) is 5.26 Å². The first-order valence-corrected chi connectivity index (χ1v) is 8.73. The summed E-state index contributed by atoms with van der Waals surface area (Å²) in [5.41, 5.74) is 0.369. The van der Waals surface area contributed by atoms with E-state index in [-0.39, 0.29) is 6.54 Å². The number of amides is 3. The Morgan fingerprint density at radius 2 is 1.75 bits per heavy atom. The van der Waals surface area contributed by atoms with Crippen LogP contribution < -0.4 is 0 Å². The molecule has 0 saturated carbocycles. The van der Waals surface area contributed by atoms with Crippen molar-refractivity contribution in [3.05, 3.63) is 71.3 Å². The first kappa shape index (κ1) is 19.1. The molecular formula is C21H19N3O4. The van der Waals surface area contributed by atoms with Crippen LogP contribution in [0.1, 0.15) is 30.5 Å². The molecule has 2 aromatic carbocycles. The molecule has 1 aliphatic rings. The fraction of sp³-hybridized carbons (Fsp3) is 0.238. The number of carboxylic acid groups (broad SMARTS) is 1. The van der Waals surface area contributed by atoms with Crippen LogP contribution in [0.25, 0.3) is 0 Å². The Kier molecular flexibility index (Phi) is 4.89. The zero-order chi connectivity index (χ0) is 20.5. The topological polar surface area (TPSA) is 102 Å². The first-order valence-electron chi connectivity index (χ1n) is 8.73. The first-order chi connectivity index (χ1) is 13.3. The van der Waals surface area contributed by atoms with E-state index in [9.17, 15) is 19.5 Å². The van der Waals surface area contributed by atoms with E-state index in [1.165, 1.54) is 11.8 Å². The Hall–Kier alpha value is -3.66. The molecule has 1 heterocycles. The second-order valence-corrected chi connectivity index (χ2v) is 6.81. The maximum atomic E-state index is 13.3. The molecule has 7 heteroatoms. The van der Waals surface area contributed by atoms with Crippen molar-refractivity contribution in [1.82, 2.24) is 9.80 Å². The summed E-state index contributed by atoms with van der Waals surface area (Å²) in [6, 6.07) is 15.6. The molecule has 0 aliphatic carbocycles. The van der Waals surface area contributed by atoms with Crippen molar-refractivity contribution in [2.75, 3.05) is 0 Å². The summed E-state index contributed by atoms with van der Waals surface area (Å²) in [5.74, 6) is -1.86. The van der Waals surface area contributed by atoms with E-state index in [1.54, 1.807) is 31.2 Å². The Morgan fingerprint density at radius 1 is 1.14 bits per heavy atom. The minimum absolute atomic E-state index is 0.144. The lowest BCUT2D eigenvalue weighted by Gasteiger charge is -2.32. The van der Waals surface area contributed by atoms with Crippen LogP contribution in [0.4, 0.5) is 4.79 Å².